The van der Waals surface area contributed by atoms with Gasteiger partial charge in [0.05, 0.1) is 12.7 Å². The Morgan fingerprint density at radius 1 is 0.864 bits per heavy atom. The highest BCUT2D eigenvalue weighted by Gasteiger charge is 2.28. The van der Waals surface area contributed by atoms with Gasteiger partial charge in [0.2, 0.25) is 0 Å². The third-order valence-corrected chi connectivity index (χ3v) is 4.32. The number of hydrogen-bond acceptors (Lipinski definition) is 1. The first-order valence-corrected chi connectivity index (χ1v) is 7.86. The Morgan fingerprint density at radius 2 is 1.36 bits per heavy atom. The first-order valence-electron chi connectivity index (χ1n) is 7.86. The maximum absolute atomic E-state index is 6.18. The van der Waals surface area contributed by atoms with Crippen LogP contribution < -0.4 is 0 Å². The minimum atomic E-state index is 0.176. The van der Waals surface area contributed by atoms with Gasteiger partial charge in [0, 0.05) is 5.92 Å². The highest BCUT2D eigenvalue weighted by Crippen LogP contribution is 2.44. The van der Waals surface area contributed by atoms with Gasteiger partial charge in [0.1, 0.15) is 0 Å². The van der Waals surface area contributed by atoms with Crippen LogP contribution in [0.25, 0.3) is 11.1 Å². The topological polar surface area (TPSA) is 9.23 Å². The monoisotopic (exact) mass is 290 g/mol. The summed E-state index contributed by atoms with van der Waals surface area (Å²) in [6.07, 6.45) is 5.74. The summed E-state index contributed by atoms with van der Waals surface area (Å²) < 4.78 is 6.18. The molecule has 0 radical (unpaired) electrons. The second-order valence-corrected chi connectivity index (χ2v) is 5.73. The molecular weight excluding hydrogens is 268 g/mol. The van der Waals surface area contributed by atoms with Crippen molar-refractivity contribution >= 4 is 0 Å². The van der Waals surface area contributed by atoms with Crippen molar-refractivity contribution in [1.82, 2.24) is 0 Å². The minimum Gasteiger partial charge on any atom is -0.377 e. The molecule has 0 heterocycles. The van der Waals surface area contributed by atoms with Crippen LogP contribution in [0.3, 0.4) is 0 Å². The van der Waals surface area contributed by atoms with Gasteiger partial charge in [-0.25, -0.2) is 0 Å². The van der Waals surface area contributed by atoms with Crippen molar-refractivity contribution in [3.8, 4) is 11.1 Å². The van der Waals surface area contributed by atoms with Crippen LogP contribution in [0.4, 0.5) is 0 Å². The maximum Gasteiger partial charge on any atom is 0.0644 e. The van der Waals surface area contributed by atoms with E-state index in [4.69, 9.17) is 4.74 Å². The number of benzene rings is 2. The summed E-state index contributed by atoms with van der Waals surface area (Å²) in [5.41, 5.74) is 5.44. The number of fused-ring (bicyclic) bond motifs is 3. The zero-order valence-corrected chi connectivity index (χ0v) is 12.9. The molecule has 0 bridgehead atoms. The Balaban J connectivity index is 1.84. The molecule has 22 heavy (non-hydrogen) atoms. The van der Waals surface area contributed by atoms with Gasteiger partial charge < -0.3 is 4.74 Å². The molecular formula is C21H22O. The Labute approximate surface area is 133 Å². The van der Waals surface area contributed by atoms with E-state index in [0.29, 0.717) is 12.5 Å². The van der Waals surface area contributed by atoms with Crippen LogP contribution in [0, 0.1) is 0 Å². The van der Waals surface area contributed by atoms with E-state index in [1.54, 1.807) is 0 Å². The molecule has 2 aromatic carbocycles. The fourth-order valence-electron chi connectivity index (χ4n) is 3.28. The van der Waals surface area contributed by atoms with E-state index in [0.717, 1.165) is 12.8 Å². The summed E-state index contributed by atoms with van der Waals surface area (Å²) in [7, 11) is 0. The normalized spacial score (nSPS) is 13.0. The number of rotatable bonds is 7. The number of ether oxygens (including phenoxy) is 1. The molecule has 1 nitrogen and oxygen atoms in total. The second-order valence-electron chi connectivity index (χ2n) is 5.73. The van der Waals surface area contributed by atoms with E-state index >= 15 is 0 Å². The van der Waals surface area contributed by atoms with Crippen molar-refractivity contribution < 1.29 is 4.74 Å². The van der Waals surface area contributed by atoms with E-state index < -0.39 is 0 Å². The molecule has 1 aliphatic rings. The van der Waals surface area contributed by atoms with Gasteiger partial charge >= 0.3 is 0 Å². The van der Waals surface area contributed by atoms with E-state index in [9.17, 15) is 0 Å². The van der Waals surface area contributed by atoms with Crippen LogP contribution in [0.1, 0.15) is 29.9 Å². The quantitative estimate of drug-likeness (QED) is 0.626. The van der Waals surface area contributed by atoms with Crippen LogP contribution in [-0.4, -0.2) is 12.7 Å². The Hall–Kier alpha value is -2.12. The minimum absolute atomic E-state index is 0.176. The summed E-state index contributed by atoms with van der Waals surface area (Å²) in [6.45, 7) is 8.35. The zero-order valence-electron chi connectivity index (χ0n) is 12.9. The molecule has 0 unspecified atom stereocenters. The third kappa shape index (κ3) is 2.77. The van der Waals surface area contributed by atoms with Crippen molar-refractivity contribution in [1.29, 1.82) is 0 Å². The summed E-state index contributed by atoms with van der Waals surface area (Å²) >= 11 is 0. The first-order chi connectivity index (χ1) is 10.8. The van der Waals surface area contributed by atoms with Gasteiger partial charge in [-0.3, -0.25) is 0 Å². The Morgan fingerprint density at radius 3 is 1.86 bits per heavy atom. The van der Waals surface area contributed by atoms with Crippen molar-refractivity contribution in [2.45, 2.75) is 24.9 Å². The third-order valence-electron chi connectivity index (χ3n) is 4.32. The van der Waals surface area contributed by atoms with Gasteiger partial charge in [-0.1, -0.05) is 60.7 Å². The fourth-order valence-corrected chi connectivity index (χ4v) is 3.28. The zero-order chi connectivity index (χ0) is 15.4. The average molecular weight is 290 g/mol. The molecule has 0 aromatic heterocycles. The lowest BCUT2D eigenvalue weighted by molar-refractivity contribution is 0.0531. The lowest BCUT2D eigenvalue weighted by Crippen LogP contribution is -2.16. The molecule has 0 amide bonds. The molecule has 0 spiro atoms. The SMILES string of the molecule is C=CCC(CC=C)OCC1c2ccccc2-c2ccccc21. The van der Waals surface area contributed by atoms with Crippen molar-refractivity contribution in [2.75, 3.05) is 6.61 Å². The molecule has 0 atom stereocenters. The van der Waals surface area contributed by atoms with Crippen LogP contribution in [0.15, 0.2) is 73.8 Å². The lowest BCUT2D eigenvalue weighted by atomic mass is 9.98. The second kappa shape index (κ2) is 6.76. The molecule has 112 valence electrons. The van der Waals surface area contributed by atoms with Crippen LogP contribution in [0.2, 0.25) is 0 Å². The summed E-state index contributed by atoms with van der Waals surface area (Å²) in [4.78, 5) is 0. The molecule has 3 rings (SSSR count). The molecule has 2 aromatic rings. The van der Waals surface area contributed by atoms with Crippen LogP contribution >= 0.6 is 0 Å². The smallest absolute Gasteiger partial charge is 0.0644 e. The van der Waals surface area contributed by atoms with Gasteiger partial charge in [-0.05, 0) is 35.1 Å². The molecule has 1 aliphatic carbocycles. The van der Waals surface area contributed by atoms with E-state index in [1.807, 2.05) is 12.2 Å². The van der Waals surface area contributed by atoms with Crippen molar-refractivity contribution in [3.63, 3.8) is 0 Å². The maximum atomic E-state index is 6.18. The van der Waals surface area contributed by atoms with Gasteiger partial charge in [0.15, 0.2) is 0 Å². The molecule has 0 aliphatic heterocycles. The van der Waals surface area contributed by atoms with E-state index in [2.05, 4.69) is 61.7 Å². The van der Waals surface area contributed by atoms with Crippen molar-refractivity contribution in [2.24, 2.45) is 0 Å². The van der Waals surface area contributed by atoms with Gasteiger partial charge in [-0.2, -0.15) is 0 Å². The molecule has 0 fully saturated rings. The van der Waals surface area contributed by atoms with Crippen LogP contribution in [0.5, 0.6) is 0 Å². The average Bonchev–Trinajstić information content (AvgIpc) is 2.87. The predicted molar refractivity (Wildman–Crippen MR) is 93.1 cm³/mol. The molecule has 0 N–H and O–H groups in total. The summed E-state index contributed by atoms with van der Waals surface area (Å²) in [5, 5.41) is 0. The number of hydrogen-bond donors (Lipinski definition) is 0. The molecule has 1 heteroatoms. The van der Waals surface area contributed by atoms with Gasteiger partial charge in [0.25, 0.3) is 0 Å². The van der Waals surface area contributed by atoms with Crippen LogP contribution in [-0.2, 0) is 4.74 Å². The highest BCUT2D eigenvalue weighted by molar-refractivity contribution is 5.78. The highest BCUT2D eigenvalue weighted by atomic mass is 16.5. The standard InChI is InChI=1S/C21H22O/c1-3-9-16(10-4-2)22-15-21-19-13-7-5-11-17(19)18-12-6-8-14-20(18)21/h3-8,11-14,16,21H,1-2,9-10,15H2. The Bertz CT molecular complexity index is 616. The van der Waals surface area contributed by atoms with Crippen molar-refractivity contribution in [3.05, 3.63) is 85.0 Å². The van der Waals surface area contributed by atoms with E-state index in [-0.39, 0.29) is 6.10 Å². The summed E-state index contributed by atoms with van der Waals surface area (Å²) in [6, 6.07) is 17.3. The summed E-state index contributed by atoms with van der Waals surface area (Å²) in [5.74, 6) is 0.324. The van der Waals surface area contributed by atoms with Gasteiger partial charge in [-0.15, -0.1) is 13.2 Å². The fraction of sp³-hybridized carbons (Fsp3) is 0.238. The predicted octanol–water partition coefficient (Wildman–Crippen LogP) is 5.34. The molecule has 0 saturated heterocycles. The molecule has 0 saturated carbocycles. The Kier molecular flexibility index (Phi) is 4.55. The first kappa shape index (κ1) is 14.8. The van der Waals surface area contributed by atoms with E-state index in [1.165, 1.54) is 22.3 Å². The lowest BCUT2D eigenvalue weighted by Gasteiger charge is -2.19. The largest absolute Gasteiger partial charge is 0.377 e.